The highest BCUT2D eigenvalue weighted by atomic mass is 19.4. The molecule has 2 heterocycles. The van der Waals surface area contributed by atoms with Gasteiger partial charge in [0.2, 0.25) is 0 Å². The summed E-state index contributed by atoms with van der Waals surface area (Å²) in [5.74, 6) is -0.470. The number of carbonyl (C=O) groups excluding carboxylic acids is 1. The zero-order valence-corrected chi connectivity index (χ0v) is 15.4. The van der Waals surface area contributed by atoms with Crippen LogP contribution >= 0.6 is 0 Å². The Bertz CT molecular complexity index is 837. The average Bonchev–Trinajstić information content (AvgIpc) is 3.09. The number of aliphatic hydroxyl groups is 1. The van der Waals surface area contributed by atoms with E-state index in [1.807, 2.05) is 6.92 Å². The molecule has 0 radical (unpaired) electrons. The SMILES string of the molecule is COC(=O)Cn1cc([C@@H]2CC(O)(c3ccc(C(F)(F)F)cc3)C[C@H](C)N2)nn1. The first kappa shape index (κ1) is 20.3. The number of nitrogens with one attached hydrogen (secondary N) is 1. The summed E-state index contributed by atoms with van der Waals surface area (Å²) in [7, 11) is 1.27. The van der Waals surface area contributed by atoms with Gasteiger partial charge in [0, 0.05) is 12.5 Å². The van der Waals surface area contributed by atoms with Gasteiger partial charge >= 0.3 is 12.1 Å². The molecule has 0 bridgehead atoms. The Morgan fingerprint density at radius 3 is 2.64 bits per heavy atom. The number of alkyl halides is 3. The molecule has 2 N–H and O–H groups in total. The van der Waals surface area contributed by atoms with Crippen LogP contribution in [0, 0.1) is 0 Å². The molecule has 1 aromatic carbocycles. The lowest BCUT2D eigenvalue weighted by Gasteiger charge is -2.40. The van der Waals surface area contributed by atoms with E-state index < -0.39 is 23.3 Å². The van der Waals surface area contributed by atoms with E-state index in [1.54, 1.807) is 6.20 Å². The number of aromatic nitrogens is 3. The lowest BCUT2D eigenvalue weighted by atomic mass is 9.78. The largest absolute Gasteiger partial charge is 0.468 e. The van der Waals surface area contributed by atoms with Crippen LogP contribution in [0.15, 0.2) is 30.5 Å². The number of hydrogen-bond acceptors (Lipinski definition) is 6. The molecule has 2 aromatic rings. The Balaban J connectivity index is 1.81. The van der Waals surface area contributed by atoms with E-state index in [-0.39, 0.29) is 25.0 Å². The molecule has 1 aliphatic heterocycles. The molecule has 152 valence electrons. The molecule has 7 nitrogen and oxygen atoms in total. The van der Waals surface area contributed by atoms with E-state index in [0.29, 0.717) is 17.7 Å². The van der Waals surface area contributed by atoms with Crippen LogP contribution in [0.4, 0.5) is 13.2 Å². The van der Waals surface area contributed by atoms with Gasteiger partial charge in [-0.15, -0.1) is 5.10 Å². The number of esters is 1. The summed E-state index contributed by atoms with van der Waals surface area (Å²) in [6, 6.07) is 4.08. The molecule has 3 atom stereocenters. The molecule has 0 saturated carbocycles. The van der Waals surface area contributed by atoms with E-state index in [0.717, 1.165) is 12.1 Å². The first-order valence-corrected chi connectivity index (χ1v) is 8.74. The number of methoxy groups -OCH3 is 1. The van der Waals surface area contributed by atoms with Crippen molar-refractivity contribution in [3.63, 3.8) is 0 Å². The molecule has 1 unspecified atom stereocenters. The Kier molecular flexibility index (Phi) is 5.44. The maximum absolute atomic E-state index is 12.8. The molecule has 0 spiro atoms. The lowest BCUT2D eigenvalue weighted by Crippen LogP contribution is -2.47. The zero-order chi connectivity index (χ0) is 20.5. The van der Waals surface area contributed by atoms with E-state index >= 15 is 0 Å². The summed E-state index contributed by atoms with van der Waals surface area (Å²) in [4.78, 5) is 11.4. The number of nitrogens with zero attached hydrogens (tertiary/aromatic N) is 3. The predicted molar refractivity (Wildman–Crippen MR) is 92.0 cm³/mol. The molecule has 28 heavy (non-hydrogen) atoms. The van der Waals surface area contributed by atoms with Gasteiger partial charge in [-0.05, 0) is 31.0 Å². The van der Waals surface area contributed by atoms with Crippen molar-refractivity contribution < 1.29 is 27.8 Å². The Hall–Kier alpha value is -2.46. The highest BCUT2D eigenvalue weighted by molar-refractivity contribution is 5.68. The minimum Gasteiger partial charge on any atom is -0.468 e. The van der Waals surface area contributed by atoms with Crippen molar-refractivity contribution in [2.45, 2.75) is 50.2 Å². The topological polar surface area (TPSA) is 89.3 Å². The third-order valence-corrected chi connectivity index (χ3v) is 4.85. The second-order valence-corrected chi connectivity index (χ2v) is 7.05. The number of halogens is 3. The highest BCUT2D eigenvalue weighted by Gasteiger charge is 2.41. The second kappa shape index (κ2) is 7.51. The van der Waals surface area contributed by atoms with Gasteiger partial charge in [-0.25, -0.2) is 4.68 Å². The summed E-state index contributed by atoms with van der Waals surface area (Å²) in [5, 5.41) is 22.4. The summed E-state index contributed by atoms with van der Waals surface area (Å²) in [6.45, 7) is 1.79. The first-order chi connectivity index (χ1) is 13.1. The van der Waals surface area contributed by atoms with E-state index in [1.165, 1.54) is 23.9 Å². The molecule has 0 amide bonds. The highest BCUT2D eigenvalue weighted by Crippen LogP contribution is 2.40. The molecule has 0 aliphatic carbocycles. The molecule has 1 aliphatic rings. The maximum atomic E-state index is 12.8. The van der Waals surface area contributed by atoms with Crippen molar-refractivity contribution in [3.05, 3.63) is 47.3 Å². The quantitative estimate of drug-likeness (QED) is 0.768. The number of ether oxygens (including phenoxy) is 1. The molecular weight excluding hydrogens is 377 g/mol. The van der Waals surface area contributed by atoms with Gasteiger partial charge in [-0.3, -0.25) is 4.79 Å². The van der Waals surface area contributed by atoms with Gasteiger partial charge in [0.1, 0.15) is 6.54 Å². The van der Waals surface area contributed by atoms with E-state index in [2.05, 4.69) is 20.4 Å². The number of piperidine rings is 1. The van der Waals surface area contributed by atoms with E-state index in [9.17, 15) is 23.1 Å². The van der Waals surface area contributed by atoms with Crippen molar-refractivity contribution in [3.8, 4) is 0 Å². The smallest absolute Gasteiger partial charge is 0.416 e. The molecular formula is C18H21F3N4O3. The van der Waals surface area contributed by atoms with E-state index in [4.69, 9.17) is 0 Å². The second-order valence-electron chi connectivity index (χ2n) is 7.05. The van der Waals surface area contributed by atoms with Gasteiger partial charge < -0.3 is 15.2 Å². The Labute approximate surface area is 159 Å². The summed E-state index contributed by atoms with van der Waals surface area (Å²) < 4.78 is 44.3. The van der Waals surface area contributed by atoms with Gasteiger partial charge in [0.25, 0.3) is 0 Å². The van der Waals surface area contributed by atoms with Crippen LogP contribution in [-0.4, -0.2) is 39.2 Å². The van der Waals surface area contributed by atoms with Crippen LogP contribution in [0.1, 0.15) is 42.6 Å². The molecule has 1 fully saturated rings. The van der Waals surface area contributed by atoms with Gasteiger partial charge in [0.05, 0.1) is 36.2 Å². The minimum atomic E-state index is -4.43. The van der Waals surface area contributed by atoms with Gasteiger partial charge in [-0.2, -0.15) is 13.2 Å². The Morgan fingerprint density at radius 2 is 2.04 bits per heavy atom. The van der Waals surface area contributed by atoms with Crippen LogP contribution in [0.25, 0.3) is 0 Å². The summed E-state index contributed by atoms with van der Waals surface area (Å²) >= 11 is 0. The normalized spacial score (nSPS) is 25.5. The van der Waals surface area contributed by atoms with Crippen molar-refractivity contribution in [1.82, 2.24) is 20.3 Å². The fourth-order valence-electron chi connectivity index (χ4n) is 3.53. The van der Waals surface area contributed by atoms with Crippen LogP contribution in [0.2, 0.25) is 0 Å². The summed E-state index contributed by atoms with van der Waals surface area (Å²) in [5.41, 5.74) is -1.13. The standard InChI is InChI=1S/C18H21F3N4O3/c1-11-7-17(27,12-3-5-13(6-4-12)18(19,20)21)8-14(22-11)15-9-25(24-23-15)10-16(26)28-2/h3-6,9,11,14,22,27H,7-8,10H2,1-2H3/t11-,14-,17?/m0/s1. The number of rotatable bonds is 4. The monoisotopic (exact) mass is 398 g/mol. The van der Waals surface area contributed by atoms with Crippen molar-refractivity contribution >= 4 is 5.97 Å². The third kappa shape index (κ3) is 4.33. The first-order valence-electron chi connectivity index (χ1n) is 8.74. The van der Waals surface area contributed by atoms with Gasteiger partial charge in [-0.1, -0.05) is 17.3 Å². The molecule has 10 heteroatoms. The maximum Gasteiger partial charge on any atom is 0.416 e. The van der Waals surface area contributed by atoms with Crippen molar-refractivity contribution in [2.75, 3.05) is 7.11 Å². The van der Waals surface area contributed by atoms with Gasteiger partial charge in [0.15, 0.2) is 0 Å². The van der Waals surface area contributed by atoms with Crippen molar-refractivity contribution in [2.24, 2.45) is 0 Å². The average molecular weight is 398 g/mol. The zero-order valence-electron chi connectivity index (χ0n) is 15.4. The fourth-order valence-corrected chi connectivity index (χ4v) is 3.53. The molecule has 1 saturated heterocycles. The molecule has 1 aromatic heterocycles. The lowest BCUT2D eigenvalue weighted by molar-refractivity contribution is -0.141. The number of benzene rings is 1. The van der Waals surface area contributed by atoms with Crippen LogP contribution < -0.4 is 5.32 Å². The number of carbonyl (C=O) groups is 1. The van der Waals surface area contributed by atoms with Crippen LogP contribution in [0.3, 0.4) is 0 Å². The summed E-state index contributed by atoms with van der Waals surface area (Å²) in [6.07, 6.45) is -2.30. The number of hydrogen-bond donors (Lipinski definition) is 2. The van der Waals surface area contributed by atoms with Crippen LogP contribution in [-0.2, 0) is 27.9 Å². The third-order valence-electron chi connectivity index (χ3n) is 4.85. The molecule has 3 rings (SSSR count). The van der Waals surface area contributed by atoms with Crippen molar-refractivity contribution in [1.29, 1.82) is 0 Å². The fraction of sp³-hybridized carbons (Fsp3) is 0.500. The minimum absolute atomic E-state index is 0.0883. The predicted octanol–water partition coefficient (Wildman–Crippen LogP) is 2.17. The Morgan fingerprint density at radius 1 is 1.36 bits per heavy atom. The van der Waals surface area contributed by atoms with Crippen LogP contribution in [0.5, 0.6) is 0 Å².